The fourth-order valence-corrected chi connectivity index (χ4v) is 3.86. The van der Waals surface area contributed by atoms with E-state index in [1.54, 1.807) is 29.2 Å². The number of benzene rings is 1. The van der Waals surface area contributed by atoms with Gasteiger partial charge in [-0.25, -0.2) is 0 Å². The van der Waals surface area contributed by atoms with Gasteiger partial charge in [0, 0.05) is 38.1 Å². The van der Waals surface area contributed by atoms with Crippen LogP contribution in [0.4, 0.5) is 11.4 Å². The van der Waals surface area contributed by atoms with E-state index in [2.05, 4.69) is 10.6 Å². The summed E-state index contributed by atoms with van der Waals surface area (Å²) in [6.45, 7) is 1.54. The summed E-state index contributed by atoms with van der Waals surface area (Å²) >= 11 is 1.33. The Morgan fingerprint density at radius 3 is 2.20 bits per heavy atom. The lowest BCUT2D eigenvalue weighted by Crippen LogP contribution is -2.28. The number of likely N-dealkylation sites (tertiary alicyclic amines) is 1. The van der Waals surface area contributed by atoms with Crippen LogP contribution < -0.4 is 20.1 Å². The average molecular weight is 432 g/mol. The number of amides is 3. The number of ether oxygens (including phenoxy) is 2. The van der Waals surface area contributed by atoms with Crippen LogP contribution in [0.3, 0.4) is 0 Å². The number of thiophene rings is 1. The molecule has 1 aromatic heterocycles. The first-order valence-electron chi connectivity index (χ1n) is 9.70. The zero-order valence-corrected chi connectivity index (χ0v) is 17.8. The standard InChI is InChI=1S/C21H25N3O5S/c1-28-16-13-15(23-21(27)18-6-5-11-30-18)17(29-2)12-14(16)22-19(25)7-8-20(26)24-9-3-4-10-24/h5-6,11-13H,3-4,7-10H2,1-2H3,(H,22,25)(H,23,27). The van der Waals surface area contributed by atoms with Gasteiger partial charge in [-0.2, -0.15) is 0 Å². The molecule has 2 aromatic rings. The van der Waals surface area contributed by atoms with Gasteiger partial charge in [0.25, 0.3) is 5.91 Å². The molecule has 0 spiro atoms. The molecule has 1 fully saturated rings. The summed E-state index contributed by atoms with van der Waals surface area (Å²) in [5, 5.41) is 7.38. The second kappa shape index (κ2) is 10.1. The van der Waals surface area contributed by atoms with E-state index in [1.807, 2.05) is 5.38 Å². The van der Waals surface area contributed by atoms with E-state index in [0.717, 1.165) is 25.9 Å². The SMILES string of the molecule is COc1cc(NC(=O)c2cccs2)c(OC)cc1NC(=O)CCC(=O)N1CCCC1. The van der Waals surface area contributed by atoms with Crippen molar-refractivity contribution in [3.05, 3.63) is 34.5 Å². The van der Waals surface area contributed by atoms with Gasteiger partial charge < -0.3 is 25.0 Å². The Morgan fingerprint density at radius 1 is 1.00 bits per heavy atom. The third-order valence-electron chi connectivity index (χ3n) is 4.81. The van der Waals surface area contributed by atoms with E-state index in [1.165, 1.54) is 25.6 Å². The molecule has 1 saturated heterocycles. The molecular weight excluding hydrogens is 406 g/mol. The molecule has 0 bridgehead atoms. The van der Waals surface area contributed by atoms with Crippen LogP contribution >= 0.6 is 11.3 Å². The molecule has 160 valence electrons. The second-order valence-electron chi connectivity index (χ2n) is 6.82. The molecule has 30 heavy (non-hydrogen) atoms. The maximum atomic E-state index is 12.4. The van der Waals surface area contributed by atoms with Gasteiger partial charge >= 0.3 is 0 Å². The second-order valence-corrected chi connectivity index (χ2v) is 7.77. The van der Waals surface area contributed by atoms with Gasteiger partial charge in [-0.05, 0) is 24.3 Å². The first-order valence-corrected chi connectivity index (χ1v) is 10.6. The van der Waals surface area contributed by atoms with Gasteiger partial charge in [-0.1, -0.05) is 6.07 Å². The van der Waals surface area contributed by atoms with Crippen LogP contribution in [0.2, 0.25) is 0 Å². The summed E-state index contributed by atoms with van der Waals surface area (Å²) in [6.07, 6.45) is 2.28. The predicted octanol–water partition coefficient (Wildman–Crippen LogP) is 3.36. The Balaban J connectivity index is 1.67. The Morgan fingerprint density at radius 2 is 1.63 bits per heavy atom. The highest BCUT2D eigenvalue weighted by Crippen LogP contribution is 2.37. The van der Waals surface area contributed by atoms with Crippen LogP contribution in [0.1, 0.15) is 35.4 Å². The van der Waals surface area contributed by atoms with Gasteiger partial charge in [0.15, 0.2) is 0 Å². The smallest absolute Gasteiger partial charge is 0.265 e. The number of methoxy groups -OCH3 is 2. The minimum absolute atomic E-state index is 0.00108. The molecule has 0 saturated carbocycles. The fourth-order valence-electron chi connectivity index (χ4n) is 3.24. The third-order valence-corrected chi connectivity index (χ3v) is 5.68. The number of anilines is 2. The van der Waals surface area contributed by atoms with Crippen LogP contribution in [0.5, 0.6) is 11.5 Å². The summed E-state index contributed by atoms with van der Waals surface area (Å²) in [6, 6.07) is 6.70. The number of nitrogens with zero attached hydrogens (tertiary/aromatic N) is 1. The highest BCUT2D eigenvalue weighted by atomic mass is 32.1. The van der Waals surface area contributed by atoms with E-state index < -0.39 is 0 Å². The summed E-state index contributed by atoms with van der Waals surface area (Å²) in [5.74, 6) is 0.195. The predicted molar refractivity (Wildman–Crippen MR) is 115 cm³/mol. The van der Waals surface area contributed by atoms with Gasteiger partial charge in [0.05, 0.1) is 30.5 Å². The molecule has 1 aliphatic rings. The van der Waals surface area contributed by atoms with E-state index in [0.29, 0.717) is 27.8 Å². The molecule has 2 heterocycles. The number of rotatable bonds is 8. The van der Waals surface area contributed by atoms with Crippen molar-refractivity contribution in [3.8, 4) is 11.5 Å². The Labute approximate surface area is 179 Å². The van der Waals surface area contributed by atoms with Crippen molar-refractivity contribution in [2.24, 2.45) is 0 Å². The van der Waals surface area contributed by atoms with Crippen molar-refractivity contribution >= 4 is 40.4 Å². The maximum absolute atomic E-state index is 12.4. The summed E-state index contributed by atoms with van der Waals surface area (Å²) in [5.41, 5.74) is 0.831. The Hall–Kier alpha value is -3.07. The maximum Gasteiger partial charge on any atom is 0.265 e. The quantitative estimate of drug-likeness (QED) is 0.668. The van der Waals surface area contributed by atoms with Crippen molar-refractivity contribution in [1.29, 1.82) is 0 Å². The van der Waals surface area contributed by atoms with Gasteiger partial charge in [-0.3, -0.25) is 14.4 Å². The lowest BCUT2D eigenvalue weighted by atomic mass is 10.2. The number of carbonyl (C=O) groups excluding carboxylic acids is 3. The molecule has 0 unspecified atom stereocenters. The average Bonchev–Trinajstić information content (AvgIpc) is 3.46. The number of nitrogens with one attached hydrogen (secondary N) is 2. The van der Waals surface area contributed by atoms with E-state index in [4.69, 9.17) is 9.47 Å². The molecule has 0 aliphatic carbocycles. The molecule has 0 radical (unpaired) electrons. The molecule has 1 aromatic carbocycles. The van der Waals surface area contributed by atoms with Crippen molar-refractivity contribution < 1.29 is 23.9 Å². The molecule has 9 heteroatoms. The monoisotopic (exact) mass is 431 g/mol. The summed E-state index contributed by atoms with van der Waals surface area (Å²) in [7, 11) is 2.95. The highest BCUT2D eigenvalue weighted by Gasteiger charge is 2.20. The summed E-state index contributed by atoms with van der Waals surface area (Å²) in [4.78, 5) is 39.2. The molecule has 2 N–H and O–H groups in total. The van der Waals surface area contributed by atoms with Crippen LogP contribution in [0.25, 0.3) is 0 Å². The lowest BCUT2D eigenvalue weighted by molar-refractivity contribution is -0.131. The van der Waals surface area contributed by atoms with E-state index in [9.17, 15) is 14.4 Å². The van der Waals surface area contributed by atoms with Gasteiger partial charge in [0.1, 0.15) is 11.5 Å². The van der Waals surface area contributed by atoms with Crippen LogP contribution in [0, 0.1) is 0 Å². The molecular formula is C21H25N3O5S. The fraction of sp³-hybridized carbons (Fsp3) is 0.381. The van der Waals surface area contributed by atoms with Crippen LogP contribution in [0.15, 0.2) is 29.6 Å². The third kappa shape index (κ3) is 5.29. The minimum atomic E-state index is -0.293. The number of hydrogen-bond acceptors (Lipinski definition) is 6. The molecule has 0 atom stereocenters. The molecule has 3 amide bonds. The highest BCUT2D eigenvalue weighted by molar-refractivity contribution is 7.12. The van der Waals surface area contributed by atoms with Crippen molar-refractivity contribution in [2.75, 3.05) is 37.9 Å². The number of carbonyl (C=O) groups is 3. The van der Waals surface area contributed by atoms with Gasteiger partial charge in [-0.15, -0.1) is 11.3 Å². The first kappa shape index (κ1) is 21.6. The summed E-state index contributed by atoms with van der Waals surface area (Å²) < 4.78 is 10.7. The molecule has 1 aliphatic heterocycles. The zero-order chi connectivity index (χ0) is 21.5. The van der Waals surface area contributed by atoms with E-state index >= 15 is 0 Å². The number of hydrogen-bond donors (Lipinski definition) is 2. The van der Waals surface area contributed by atoms with Gasteiger partial charge in [0.2, 0.25) is 11.8 Å². The Bertz CT molecular complexity index is 908. The topological polar surface area (TPSA) is 97.0 Å². The lowest BCUT2D eigenvalue weighted by Gasteiger charge is -2.17. The minimum Gasteiger partial charge on any atom is -0.494 e. The molecule has 3 rings (SSSR count). The first-order chi connectivity index (χ1) is 14.5. The van der Waals surface area contributed by atoms with Crippen LogP contribution in [-0.2, 0) is 9.59 Å². The normalized spacial score (nSPS) is 13.1. The van der Waals surface area contributed by atoms with Crippen molar-refractivity contribution in [2.45, 2.75) is 25.7 Å². The molecule has 8 nitrogen and oxygen atoms in total. The Kier molecular flexibility index (Phi) is 7.29. The largest absolute Gasteiger partial charge is 0.494 e. The van der Waals surface area contributed by atoms with Crippen LogP contribution in [-0.4, -0.2) is 49.9 Å². The van der Waals surface area contributed by atoms with E-state index in [-0.39, 0.29) is 30.6 Å². The zero-order valence-electron chi connectivity index (χ0n) is 17.0. The van der Waals surface area contributed by atoms with Crippen molar-refractivity contribution in [3.63, 3.8) is 0 Å². The van der Waals surface area contributed by atoms with Crippen molar-refractivity contribution in [1.82, 2.24) is 4.90 Å².